The molecule has 7 nitrogen and oxygen atoms in total. The lowest BCUT2D eigenvalue weighted by atomic mass is 10.1. The van der Waals surface area contributed by atoms with E-state index in [1.807, 2.05) is 20.8 Å². The van der Waals surface area contributed by atoms with Gasteiger partial charge in [0, 0.05) is 11.3 Å². The summed E-state index contributed by atoms with van der Waals surface area (Å²) in [6.45, 7) is 6.95. The fourth-order valence-corrected chi connectivity index (χ4v) is 2.97. The largest absolute Gasteiger partial charge is 0.490 e. The van der Waals surface area contributed by atoms with Crippen LogP contribution in [0.15, 0.2) is 30.3 Å². The van der Waals surface area contributed by atoms with E-state index in [0.29, 0.717) is 53.6 Å². The summed E-state index contributed by atoms with van der Waals surface area (Å²) in [6.07, 6.45) is 0. The zero-order valence-corrected chi connectivity index (χ0v) is 16.7. The number of nitrogens with zero attached hydrogens (tertiary/aromatic N) is 1. The van der Waals surface area contributed by atoms with E-state index in [1.54, 1.807) is 30.3 Å². The Labute approximate surface area is 168 Å². The van der Waals surface area contributed by atoms with E-state index in [-0.39, 0.29) is 5.91 Å². The van der Waals surface area contributed by atoms with Crippen molar-refractivity contribution >= 4 is 34.2 Å². The molecule has 0 saturated carbocycles. The number of H-pyrrole nitrogens is 1. The summed E-state index contributed by atoms with van der Waals surface area (Å²) < 4.78 is 17.0. The molecule has 0 saturated heterocycles. The monoisotopic (exact) mass is 403 g/mol. The Morgan fingerprint density at radius 2 is 1.68 bits per heavy atom. The molecule has 3 rings (SSSR count). The van der Waals surface area contributed by atoms with Gasteiger partial charge in [0.2, 0.25) is 11.0 Å². The first kappa shape index (κ1) is 19.8. The predicted octanol–water partition coefficient (Wildman–Crippen LogP) is 4.66. The first-order valence-corrected chi connectivity index (χ1v) is 9.46. The maximum atomic E-state index is 12.8. The predicted molar refractivity (Wildman–Crippen MR) is 109 cm³/mol. The number of carbonyl (C=O) groups excluding carboxylic acids is 1. The molecule has 2 N–H and O–H groups in total. The van der Waals surface area contributed by atoms with E-state index in [1.165, 1.54) is 0 Å². The number of benzene rings is 2. The van der Waals surface area contributed by atoms with Gasteiger partial charge >= 0.3 is 0 Å². The lowest BCUT2D eigenvalue weighted by Crippen LogP contribution is -2.13. The standard InChI is InChI=1S/C20H22ClN3O4/c1-4-26-16-9-12(10-17(27-5-2)18(16)28-6-3)19(25)22-13-7-8-14-15(11-13)24-20(21)23-14/h7-11H,4-6H2,1-3H3,(H,22,25)(H,23,24). The summed E-state index contributed by atoms with van der Waals surface area (Å²) in [7, 11) is 0. The van der Waals surface area contributed by atoms with Gasteiger partial charge in [0.15, 0.2) is 11.5 Å². The Hall–Kier alpha value is -2.93. The van der Waals surface area contributed by atoms with Crippen molar-refractivity contribution in [2.75, 3.05) is 25.1 Å². The minimum atomic E-state index is -0.296. The zero-order valence-electron chi connectivity index (χ0n) is 16.0. The van der Waals surface area contributed by atoms with Crippen LogP contribution in [0.2, 0.25) is 5.28 Å². The number of rotatable bonds is 8. The molecule has 28 heavy (non-hydrogen) atoms. The van der Waals surface area contributed by atoms with Gasteiger partial charge in [0.1, 0.15) is 0 Å². The van der Waals surface area contributed by atoms with Crippen molar-refractivity contribution in [1.29, 1.82) is 0 Å². The van der Waals surface area contributed by atoms with Crippen LogP contribution in [0.25, 0.3) is 11.0 Å². The van der Waals surface area contributed by atoms with E-state index >= 15 is 0 Å². The van der Waals surface area contributed by atoms with Crippen LogP contribution in [-0.2, 0) is 0 Å². The van der Waals surface area contributed by atoms with Crippen molar-refractivity contribution < 1.29 is 19.0 Å². The molecule has 0 fully saturated rings. The number of carbonyl (C=O) groups is 1. The average molecular weight is 404 g/mol. The van der Waals surface area contributed by atoms with Crippen LogP contribution in [0.1, 0.15) is 31.1 Å². The molecule has 2 aromatic carbocycles. The Morgan fingerprint density at radius 1 is 1.04 bits per heavy atom. The Morgan fingerprint density at radius 3 is 2.29 bits per heavy atom. The highest BCUT2D eigenvalue weighted by Gasteiger charge is 2.18. The highest BCUT2D eigenvalue weighted by molar-refractivity contribution is 6.29. The van der Waals surface area contributed by atoms with Crippen molar-refractivity contribution in [2.24, 2.45) is 0 Å². The molecule has 0 bridgehead atoms. The number of anilines is 1. The van der Waals surface area contributed by atoms with Gasteiger partial charge in [-0.05, 0) is 62.7 Å². The topological polar surface area (TPSA) is 85.5 Å². The number of hydrogen-bond donors (Lipinski definition) is 2. The average Bonchev–Trinajstić information content (AvgIpc) is 3.03. The molecule has 0 spiro atoms. The van der Waals surface area contributed by atoms with Gasteiger partial charge in [-0.25, -0.2) is 4.98 Å². The first-order valence-electron chi connectivity index (χ1n) is 9.08. The quantitative estimate of drug-likeness (QED) is 0.571. The van der Waals surface area contributed by atoms with Crippen LogP contribution < -0.4 is 19.5 Å². The third kappa shape index (κ3) is 4.31. The SMILES string of the molecule is CCOc1cc(C(=O)Nc2ccc3nc(Cl)[nH]c3c2)cc(OCC)c1OCC. The van der Waals surface area contributed by atoms with Crippen LogP contribution in [0.3, 0.4) is 0 Å². The zero-order chi connectivity index (χ0) is 20.1. The van der Waals surface area contributed by atoms with Gasteiger partial charge in [-0.15, -0.1) is 0 Å². The normalized spacial score (nSPS) is 10.7. The van der Waals surface area contributed by atoms with Crippen molar-refractivity contribution in [3.8, 4) is 17.2 Å². The molecule has 1 heterocycles. The molecule has 0 unspecified atom stereocenters. The molecule has 3 aromatic rings. The van der Waals surface area contributed by atoms with E-state index in [2.05, 4.69) is 15.3 Å². The molecule has 0 aliphatic rings. The number of amides is 1. The van der Waals surface area contributed by atoms with Crippen LogP contribution in [0.4, 0.5) is 5.69 Å². The number of aromatic nitrogens is 2. The molecule has 0 atom stereocenters. The van der Waals surface area contributed by atoms with Crippen LogP contribution in [0, 0.1) is 0 Å². The third-order valence-electron chi connectivity index (χ3n) is 3.88. The molecule has 1 aromatic heterocycles. The number of fused-ring (bicyclic) bond motifs is 1. The minimum Gasteiger partial charge on any atom is -0.490 e. The molecule has 1 amide bonds. The fourth-order valence-electron chi connectivity index (χ4n) is 2.78. The molecular weight excluding hydrogens is 382 g/mol. The number of nitrogens with one attached hydrogen (secondary N) is 2. The van der Waals surface area contributed by atoms with Crippen molar-refractivity contribution in [2.45, 2.75) is 20.8 Å². The molecule has 148 valence electrons. The number of aromatic amines is 1. The number of hydrogen-bond acceptors (Lipinski definition) is 5. The second kappa shape index (κ2) is 8.84. The second-order valence-corrected chi connectivity index (χ2v) is 6.17. The number of ether oxygens (including phenoxy) is 3. The highest BCUT2D eigenvalue weighted by Crippen LogP contribution is 2.39. The summed E-state index contributed by atoms with van der Waals surface area (Å²) in [5, 5.41) is 3.17. The first-order chi connectivity index (χ1) is 13.5. The van der Waals surface area contributed by atoms with Gasteiger partial charge in [0.25, 0.3) is 5.91 Å². The van der Waals surface area contributed by atoms with Crippen LogP contribution in [0.5, 0.6) is 17.2 Å². The fraction of sp³-hybridized carbons (Fsp3) is 0.300. The number of halogens is 1. The Kier molecular flexibility index (Phi) is 6.26. The summed E-state index contributed by atoms with van der Waals surface area (Å²) >= 11 is 5.88. The van der Waals surface area contributed by atoms with E-state index in [9.17, 15) is 4.79 Å². The Bertz CT molecular complexity index is 960. The van der Waals surface area contributed by atoms with Gasteiger partial charge in [-0.1, -0.05) is 0 Å². The van der Waals surface area contributed by atoms with Crippen LogP contribution >= 0.6 is 11.6 Å². The maximum absolute atomic E-state index is 12.8. The summed E-state index contributed by atoms with van der Waals surface area (Å²) in [4.78, 5) is 19.9. The van der Waals surface area contributed by atoms with Gasteiger partial charge in [0.05, 0.1) is 30.9 Å². The summed E-state index contributed by atoms with van der Waals surface area (Å²) in [6, 6.07) is 8.62. The smallest absolute Gasteiger partial charge is 0.255 e. The summed E-state index contributed by atoms with van der Waals surface area (Å²) in [5.41, 5.74) is 2.47. The van der Waals surface area contributed by atoms with E-state index in [0.717, 1.165) is 11.0 Å². The van der Waals surface area contributed by atoms with E-state index in [4.69, 9.17) is 25.8 Å². The Balaban J connectivity index is 1.92. The number of imidazole rings is 1. The maximum Gasteiger partial charge on any atom is 0.255 e. The van der Waals surface area contributed by atoms with Crippen LogP contribution in [-0.4, -0.2) is 35.7 Å². The van der Waals surface area contributed by atoms with Gasteiger partial charge < -0.3 is 24.5 Å². The van der Waals surface area contributed by atoms with E-state index < -0.39 is 0 Å². The lowest BCUT2D eigenvalue weighted by Gasteiger charge is -2.17. The minimum absolute atomic E-state index is 0.296. The molecule has 0 aliphatic heterocycles. The molecule has 8 heteroatoms. The van der Waals surface area contributed by atoms with Crippen molar-refractivity contribution in [1.82, 2.24) is 9.97 Å². The van der Waals surface area contributed by atoms with Crippen molar-refractivity contribution in [3.05, 3.63) is 41.2 Å². The summed E-state index contributed by atoms with van der Waals surface area (Å²) in [5.74, 6) is 1.14. The molecule has 0 radical (unpaired) electrons. The van der Waals surface area contributed by atoms with Crippen molar-refractivity contribution in [3.63, 3.8) is 0 Å². The highest BCUT2D eigenvalue weighted by atomic mass is 35.5. The van der Waals surface area contributed by atoms with Gasteiger partial charge in [-0.2, -0.15) is 0 Å². The molecular formula is C20H22ClN3O4. The lowest BCUT2D eigenvalue weighted by molar-refractivity contribution is 0.102. The third-order valence-corrected chi connectivity index (χ3v) is 4.06. The molecule has 0 aliphatic carbocycles. The second-order valence-electron chi connectivity index (χ2n) is 5.81. The van der Waals surface area contributed by atoms with Gasteiger partial charge in [-0.3, -0.25) is 4.79 Å².